The number of aliphatic hydroxyl groups excluding tert-OH is 1. The highest BCUT2D eigenvalue weighted by Crippen LogP contribution is 2.40. The molecule has 0 unspecified atom stereocenters. The van der Waals surface area contributed by atoms with E-state index in [2.05, 4.69) is 0 Å². The predicted molar refractivity (Wildman–Crippen MR) is 111 cm³/mol. The summed E-state index contributed by atoms with van der Waals surface area (Å²) in [5, 5.41) is 11.5. The van der Waals surface area contributed by atoms with Crippen LogP contribution in [0.2, 0.25) is 5.02 Å². The second-order valence-corrected chi connectivity index (χ2v) is 7.22. The second-order valence-electron chi connectivity index (χ2n) is 6.79. The summed E-state index contributed by atoms with van der Waals surface area (Å²) >= 11 is 5.93. The van der Waals surface area contributed by atoms with E-state index in [1.54, 1.807) is 67.8 Å². The zero-order valence-corrected chi connectivity index (χ0v) is 16.8. The number of Topliss-reactive ketones (excluding diaryl/α,β-unsaturated/α-hetero) is 1. The molecular weight excluding hydrogens is 406 g/mol. The van der Waals surface area contributed by atoms with Crippen molar-refractivity contribution in [2.45, 2.75) is 12.6 Å². The van der Waals surface area contributed by atoms with Crippen LogP contribution in [0.5, 0.6) is 5.75 Å². The molecule has 7 heteroatoms. The zero-order chi connectivity index (χ0) is 21.3. The molecule has 0 saturated carbocycles. The van der Waals surface area contributed by atoms with E-state index in [1.807, 2.05) is 0 Å². The third-order valence-corrected chi connectivity index (χ3v) is 5.25. The number of ether oxygens (including phenoxy) is 1. The highest BCUT2D eigenvalue weighted by molar-refractivity contribution is 6.46. The van der Waals surface area contributed by atoms with Crippen LogP contribution in [-0.2, 0) is 16.1 Å². The second kappa shape index (κ2) is 8.08. The van der Waals surface area contributed by atoms with E-state index >= 15 is 0 Å². The average molecular weight is 424 g/mol. The van der Waals surface area contributed by atoms with Gasteiger partial charge in [-0.1, -0.05) is 23.7 Å². The smallest absolute Gasteiger partial charge is 0.296 e. The van der Waals surface area contributed by atoms with Crippen molar-refractivity contribution in [3.63, 3.8) is 0 Å². The molecule has 1 aliphatic heterocycles. The van der Waals surface area contributed by atoms with E-state index in [0.29, 0.717) is 27.7 Å². The van der Waals surface area contributed by atoms with E-state index in [-0.39, 0.29) is 17.9 Å². The highest BCUT2D eigenvalue weighted by atomic mass is 35.5. The summed E-state index contributed by atoms with van der Waals surface area (Å²) in [6, 6.07) is 16.1. The minimum Gasteiger partial charge on any atom is -0.507 e. The van der Waals surface area contributed by atoms with Crippen molar-refractivity contribution >= 4 is 29.1 Å². The van der Waals surface area contributed by atoms with Crippen LogP contribution < -0.4 is 4.74 Å². The van der Waals surface area contributed by atoms with Crippen LogP contribution in [0.1, 0.15) is 22.9 Å². The van der Waals surface area contributed by atoms with Crippen LogP contribution in [0.15, 0.2) is 76.9 Å². The number of halogens is 1. The number of hydrogen-bond donors (Lipinski definition) is 1. The van der Waals surface area contributed by atoms with Gasteiger partial charge in [-0.3, -0.25) is 9.59 Å². The molecule has 2 heterocycles. The molecule has 152 valence electrons. The Hall–Kier alpha value is -3.51. The van der Waals surface area contributed by atoms with Crippen molar-refractivity contribution in [2.24, 2.45) is 0 Å². The number of nitrogens with zero attached hydrogens (tertiary/aromatic N) is 1. The Balaban J connectivity index is 1.85. The first-order valence-corrected chi connectivity index (χ1v) is 9.58. The number of aliphatic hydroxyl groups is 1. The number of methoxy groups -OCH3 is 1. The molecule has 30 heavy (non-hydrogen) atoms. The molecule has 1 fully saturated rings. The van der Waals surface area contributed by atoms with Gasteiger partial charge in [0.2, 0.25) is 0 Å². The molecule has 0 spiro atoms. The Kier molecular flexibility index (Phi) is 5.33. The van der Waals surface area contributed by atoms with Crippen LogP contribution in [0.4, 0.5) is 0 Å². The normalized spacial score (nSPS) is 18.1. The fourth-order valence-corrected chi connectivity index (χ4v) is 3.64. The number of carbonyl (C=O) groups is 2. The van der Waals surface area contributed by atoms with Gasteiger partial charge in [-0.15, -0.1) is 0 Å². The van der Waals surface area contributed by atoms with E-state index in [0.717, 1.165) is 0 Å². The summed E-state index contributed by atoms with van der Waals surface area (Å²) in [6.45, 7) is 0.0890. The van der Waals surface area contributed by atoms with Crippen molar-refractivity contribution in [2.75, 3.05) is 7.11 Å². The summed E-state index contributed by atoms with van der Waals surface area (Å²) < 4.78 is 10.6. The largest absolute Gasteiger partial charge is 0.507 e. The fourth-order valence-electron chi connectivity index (χ4n) is 3.51. The molecule has 1 aromatic heterocycles. The Morgan fingerprint density at radius 3 is 2.40 bits per heavy atom. The number of hydrogen-bond acceptors (Lipinski definition) is 5. The Labute approximate surface area is 177 Å². The third-order valence-electron chi connectivity index (χ3n) is 5.00. The lowest BCUT2D eigenvalue weighted by atomic mass is 9.95. The molecule has 1 aliphatic rings. The number of ketones is 1. The van der Waals surface area contributed by atoms with Gasteiger partial charge in [0, 0.05) is 10.6 Å². The lowest BCUT2D eigenvalue weighted by Crippen LogP contribution is -2.29. The first-order valence-electron chi connectivity index (χ1n) is 9.20. The third kappa shape index (κ3) is 3.57. The van der Waals surface area contributed by atoms with Crippen molar-refractivity contribution < 1.29 is 23.8 Å². The summed E-state index contributed by atoms with van der Waals surface area (Å²) in [4.78, 5) is 27.2. The Morgan fingerprint density at radius 1 is 1.10 bits per heavy atom. The molecule has 0 bridgehead atoms. The van der Waals surface area contributed by atoms with Crippen LogP contribution in [0, 0.1) is 0 Å². The average Bonchev–Trinajstić information content (AvgIpc) is 3.36. The van der Waals surface area contributed by atoms with Gasteiger partial charge in [0.15, 0.2) is 0 Å². The molecule has 2 aromatic carbocycles. The van der Waals surface area contributed by atoms with Crippen molar-refractivity contribution in [1.29, 1.82) is 0 Å². The fraction of sp³-hybridized carbons (Fsp3) is 0.130. The van der Waals surface area contributed by atoms with Gasteiger partial charge in [0.05, 0.1) is 31.5 Å². The number of likely N-dealkylation sites (tertiary alicyclic amines) is 1. The number of carbonyl (C=O) groups excluding carboxylic acids is 2. The minimum absolute atomic E-state index is 0.0130. The zero-order valence-electron chi connectivity index (χ0n) is 16.0. The maximum atomic E-state index is 12.9. The van der Waals surface area contributed by atoms with Gasteiger partial charge in [-0.25, -0.2) is 0 Å². The molecular formula is C23H18ClNO5. The van der Waals surface area contributed by atoms with Gasteiger partial charge in [-0.2, -0.15) is 0 Å². The maximum Gasteiger partial charge on any atom is 0.296 e. The number of furan rings is 1. The Morgan fingerprint density at radius 2 is 1.80 bits per heavy atom. The monoisotopic (exact) mass is 423 g/mol. The molecule has 1 amide bonds. The minimum atomic E-state index is -0.781. The molecule has 0 radical (unpaired) electrons. The number of benzene rings is 2. The van der Waals surface area contributed by atoms with Crippen LogP contribution in [0.3, 0.4) is 0 Å². The molecule has 1 N–H and O–H groups in total. The number of amides is 1. The standard InChI is InChI=1S/C23H18ClNO5/c1-29-17-10-6-14(7-11-17)20-19(21(26)15-4-8-16(24)9-5-15)22(27)23(28)25(20)13-18-3-2-12-30-18/h2-12,20,26H,13H2,1H3/t20-/m1/s1. The van der Waals surface area contributed by atoms with Gasteiger partial charge in [-0.05, 0) is 54.1 Å². The van der Waals surface area contributed by atoms with Crippen molar-refractivity contribution in [3.05, 3.63) is 94.4 Å². The molecule has 0 aliphatic carbocycles. The van der Waals surface area contributed by atoms with E-state index in [1.165, 1.54) is 11.2 Å². The van der Waals surface area contributed by atoms with Gasteiger partial charge in [0.25, 0.3) is 11.7 Å². The van der Waals surface area contributed by atoms with Crippen LogP contribution >= 0.6 is 11.6 Å². The van der Waals surface area contributed by atoms with E-state index < -0.39 is 17.7 Å². The van der Waals surface area contributed by atoms with Crippen LogP contribution in [-0.4, -0.2) is 28.8 Å². The Bertz CT molecular complexity index is 1100. The van der Waals surface area contributed by atoms with Crippen LogP contribution in [0.25, 0.3) is 5.76 Å². The highest BCUT2D eigenvalue weighted by Gasteiger charge is 2.46. The van der Waals surface area contributed by atoms with E-state index in [4.69, 9.17) is 20.8 Å². The topological polar surface area (TPSA) is 80.0 Å². The lowest BCUT2D eigenvalue weighted by molar-refractivity contribution is -0.140. The summed E-state index contributed by atoms with van der Waals surface area (Å²) in [5.41, 5.74) is 1.07. The maximum absolute atomic E-state index is 12.9. The molecule has 4 rings (SSSR count). The van der Waals surface area contributed by atoms with Crippen molar-refractivity contribution in [1.82, 2.24) is 4.90 Å². The molecule has 3 aromatic rings. The molecule has 6 nitrogen and oxygen atoms in total. The van der Waals surface area contributed by atoms with Gasteiger partial charge >= 0.3 is 0 Å². The summed E-state index contributed by atoms with van der Waals surface area (Å²) in [5.74, 6) is -0.549. The predicted octanol–water partition coefficient (Wildman–Crippen LogP) is 4.56. The van der Waals surface area contributed by atoms with Crippen molar-refractivity contribution in [3.8, 4) is 5.75 Å². The van der Waals surface area contributed by atoms with Gasteiger partial charge < -0.3 is 19.2 Å². The quantitative estimate of drug-likeness (QED) is 0.369. The first-order chi connectivity index (χ1) is 14.5. The lowest BCUT2D eigenvalue weighted by Gasteiger charge is -2.24. The summed E-state index contributed by atoms with van der Waals surface area (Å²) in [6.07, 6.45) is 1.50. The van der Waals surface area contributed by atoms with E-state index in [9.17, 15) is 14.7 Å². The molecule has 1 atom stereocenters. The first kappa shape index (κ1) is 19.8. The summed E-state index contributed by atoms with van der Waals surface area (Å²) in [7, 11) is 1.55. The number of rotatable bonds is 5. The molecule has 1 saturated heterocycles. The SMILES string of the molecule is COc1ccc([C@@H]2C(=C(O)c3ccc(Cl)cc3)C(=O)C(=O)N2Cc2ccco2)cc1. The van der Waals surface area contributed by atoms with Gasteiger partial charge in [0.1, 0.15) is 17.3 Å².